The molecule has 7 heteroatoms. The summed E-state index contributed by atoms with van der Waals surface area (Å²) in [6.07, 6.45) is -0.174. The number of ether oxygens (including phenoxy) is 1. The van der Waals surface area contributed by atoms with E-state index in [1.807, 2.05) is 6.07 Å². The summed E-state index contributed by atoms with van der Waals surface area (Å²) < 4.78 is 20.4. The Morgan fingerprint density at radius 3 is 2.90 bits per heavy atom. The minimum Gasteiger partial charge on any atom is -0.492 e. The second-order valence-corrected chi connectivity index (χ2v) is 6.24. The van der Waals surface area contributed by atoms with Crippen molar-refractivity contribution in [3.05, 3.63) is 28.2 Å². The molecule has 2 atom stereocenters. The van der Waals surface area contributed by atoms with E-state index in [2.05, 4.69) is 15.9 Å². The Balaban J connectivity index is 1.80. The van der Waals surface area contributed by atoms with Crippen LogP contribution in [0.5, 0.6) is 5.75 Å². The van der Waals surface area contributed by atoms with Crippen molar-refractivity contribution in [2.45, 2.75) is 18.0 Å². The van der Waals surface area contributed by atoms with Crippen molar-refractivity contribution in [1.29, 1.82) is 0 Å². The summed E-state index contributed by atoms with van der Waals surface area (Å²) in [5.74, 6) is -1.66. The van der Waals surface area contributed by atoms with Gasteiger partial charge in [0.15, 0.2) is 0 Å². The quantitative estimate of drug-likeness (QED) is 0.878. The molecular formula is C14H13BrFNO4. The number of benzene rings is 1. The van der Waals surface area contributed by atoms with Gasteiger partial charge in [-0.2, -0.15) is 0 Å². The molecule has 0 aliphatic carbocycles. The molecule has 3 rings (SSSR count). The van der Waals surface area contributed by atoms with Gasteiger partial charge in [-0.15, -0.1) is 0 Å². The van der Waals surface area contributed by atoms with Crippen LogP contribution in [0.25, 0.3) is 0 Å². The lowest BCUT2D eigenvalue weighted by Crippen LogP contribution is -2.40. The SMILES string of the molecule is O=C(C1COc2ccc(Br)cc21)N1CCC(F)(C(=O)O)C1. The molecule has 1 aromatic rings. The number of carbonyl (C=O) groups excluding carboxylic acids is 1. The van der Waals surface area contributed by atoms with E-state index in [9.17, 15) is 14.0 Å². The number of halogens is 2. The van der Waals surface area contributed by atoms with E-state index >= 15 is 0 Å². The van der Waals surface area contributed by atoms with Crippen LogP contribution in [0, 0.1) is 0 Å². The Morgan fingerprint density at radius 1 is 1.48 bits per heavy atom. The van der Waals surface area contributed by atoms with Crippen molar-refractivity contribution in [3.63, 3.8) is 0 Å². The largest absolute Gasteiger partial charge is 0.492 e. The van der Waals surface area contributed by atoms with Crippen LogP contribution >= 0.6 is 15.9 Å². The van der Waals surface area contributed by atoms with E-state index < -0.39 is 24.1 Å². The van der Waals surface area contributed by atoms with Gasteiger partial charge in [0.25, 0.3) is 0 Å². The normalized spacial score (nSPS) is 27.3. The molecule has 0 spiro atoms. The average molecular weight is 358 g/mol. The third kappa shape index (κ3) is 2.39. The maximum atomic E-state index is 14.1. The summed E-state index contributed by atoms with van der Waals surface area (Å²) in [6, 6.07) is 5.40. The van der Waals surface area contributed by atoms with Crippen molar-refractivity contribution in [2.75, 3.05) is 19.7 Å². The second-order valence-electron chi connectivity index (χ2n) is 5.33. The number of nitrogens with zero attached hydrogens (tertiary/aromatic N) is 1. The molecule has 1 N–H and O–H groups in total. The molecule has 1 amide bonds. The van der Waals surface area contributed by atoms with Gasteiger partial charge in [-0.3, -0.25) is 4.79 Å². The van der Waals surface area contributed by atoms with E-state index in [0.29, 0.717) is 5.75 Å². The van der Waals surface area contributed by atoms with Crippen LogP contribution in [0.2, 0.25) is 0 Å². The molecule has 1 aromatic carbocycles. The first-order valence-electron chi connectivity index (χ1n) is 6.54. The minimum absolute atomic E-state index is 0.113. The third-order valence-electron chi connectivity index (χ3n) is 3.97. The Bertz CT molecular complexity index is 623. The summed E-state index contributed by atoms with van der Waals surface area (Å²) in [6.45, 7) is -0.0874. The first-order chi connectivity index (χ1) is 9.90. The molecule has 0 aromatic heterocycles. The zero-order valence-electron chi connectivity index (χ0n) is 11.0. The van der Waals surface area contributed by atoms with Crippen molar-refractivity contribution < 1.29 is 23.8 Å². The number of aliphatic carboxylic acids is 1. The summed E-state index contributed by atoms with van der Waals surface area (Å²) in [7, 11) is 0. The van der Waals surface area contributed by atoms with Crippen LogP contribution in [0.1, 0.15) is 17.9 Å². The molecule has 0 bridgehead atoms. The highest BCUT2D eigenvalue weighted by molar-refractivity contribution is 9.10. The maximum absolute atomic E-state index is 14.1. The van der Waals surface area contributed by atoms with Crippen molar-refractivity contribution in [1.82, 2.24) is 4.90 Å². The predicted molar refractivity (Wildman–Crippen MR) is 75.0 cm³/mol. The maximum Gasteiger partial charge on any atom is 0.343 e. The number of likely N-dealkylation sites (tertiary alicyclic amines) is 1. The molecular weight excluding hydrogens is 345 g/mol. The highest BCUT2D eigenvalue weighted by Gasteiger charge is 2.48. The van der Waals surface area contributed by atoms with E-state index in [-0.39, 0.29) is 25.5 Å². The number of hydrogen-bond donors (Lipinski definition) is 1. The number of alkyl halides is 1. The molecule has 2 heterocycles. The zero-order chi connectivity index (χ0) is 15.2. The first-order valence-corrected chi connectivity index (χ1v) is 7.33. The molecule has 2 aliphatic heterocycles. The Morgan fingerprint density at radius 2 is 2.24 bits per heavy atom. The Hall–Kier alpha value is -1.63. The first kappa shape index (κ1) is 14.3. The number of carbonyl (C=O) groups is 2. The van der Waals surface area contributed by atoms with Crippen molar-refractivity contribution in [3.8, 4) is 5.75 Å². The van der Waals surface area contributed by atoms with Crippen LogP contribution in [-0.4, -0.2) is 47.2 Å². The summed E-state index contributed by atoms with van der Waals surface area (Å²) in [4.78, 5) is 24.7. The number of fused-ring (bicyclic) bond motifs is 1. The fourth-order valence-electron chi connectivity index (χ4n) is 2.75. The van der Waals surface area contributed by atoms with Gasteiger partial charge in [0.2, 0.25) is 11.6 Å². The van der Waals surface area contributed by atoms with E-state index in [1.54, 1.807) is 12.1 Å². The molecule has 0 saturated carbocycles. The fourth-order valence-corrected chi connectivity index (χ4v) is 3.12. The standard InChI is InChI=1S/C14H13BrFNO4/c15-8-1-2-11-9(5-8)10(6-21-11)12(18)17-4-3-14(16,7-17)13(19)20/h1-2,5,10H,3-4,6-7H2,(H,19,20). The average Bonchev–Trinajstić information content (AvgIpc) is 3.02. The second kappa shape index (κ2) is 4.98. The molecule has 1 fully saturated rings. The van der Waals surface area contributed by atoms with Crippen LogP contribution in [0.3, 0.4) is 0 Å². The predicted octanol–water partition coefficient (Wildman–Crippen LogP) is 1.95. The summed E-state index contributed by atoms with van der Waals surface area (Å²) in [5.41, 5.74) is -1.59. The van der Waals surface area contributed by atoms with Gasteiger partial charge < -0.3 is 14.7 Å². The van der Waals surface area contributed by atoms with Crippen molar-refractivity contribution >= 4 is 27.8 Å². The number of hydrogen-bond acceptors (Lipinski definition) is 3. The highest BCUT2D eigenvalue weighted by atomic mass is 79.9. The highest BCUT2D eigenvalue weighted by Crippen LogP contribution is 2.38. The van der Waals surface area contributed by atoms with E-state index in [0.717, 1.165) is 10.0 Å². The van der Waals surface area contributed by atoms with Crippen LogP contribution < -0.4 is 4.74 Å². The molecule has 5 nitrogen and oxygen atoms in total. The van der Waals surface area contributed by atoms with Crippen LogP contribution in [-0.2, 0) is 9.59 Å². The van der Waals surface area contributed by atoms with Gasteiger partial charge in [0.1, 0.15) is 18.3 Å². The van der Waals surface area contributed by atoms with Crippen LogP contribution in [0.15, 0.2) is 22.7 Å². The van der Waals surface area contributed by atoms with Gasteiger partial charge in [-0.25, -0.2) is 9.18 Å². The lowest BCUT2D eigenvalue weighted by atomic mass is 10.00. The molecule has 1 saturated heterocycles. The molecule has 0 radical (unpaired) electrons. The smallest absolute Gasteiger partial charge is 0.343 e. The van der Waals surface area contributed by atoms with Gasteiger partial charge >= 0.3 is 5.97 Å². The van der Waals surface area contributed by atoms with Gasteiger partial charge in [0, 0.05) is 23.0 Å². The molecule has 2 unspecified atom stereocenters. The molecule has 2 aliphatic rings. The fraction of sp³-hybridized carbons (Fsp3) is 0.429. The molecule has 21 heavy (non-hydrogen) atoms. The van der Waals surface area contributed by atoms with Crippen molar-refractivity contribution in [2.24, 2.45) is 0 Å². The third-order valence-corrected chi connectivity index (χ3v) is 4.46. The summed E-state index contributed by atoms with van der Waals surface area (Å²) in [5, 5.41) is 8.89. The lowest BCUT2D eigenvalue weighted by Gasteiger charge is -2.20. The zero-order valence-corrected chi connectivity index (χ0v) is 12.6. The van der Waals surface area contributed by atoms with E-state index in [1.165, 1.54) is 4.90 Å². The number of carboxylic acid groups (broad SMARTS) is 1. The monoisotopic (exact) mass is 357 g/mol. The topological polar surface area (TPSA) is 66.8 Å². The van der Waals surface area contributed by atoms with Gasteiger partial charge in [-0.05, 0) is 18.2 Å². The number of amides is 1. The molecule has 112 valence electrons. The number of carboxylic acids is 1. The Kier molecular flexibility index (Phi) is 3.39. The van der Waals surface area contributed by atoms with E-state index in [4.69, 9.17) is 9.84 Å². The minimum atomic E-state index is -2.34. The van der Waals surface area contributed by atoms with Gasteiger partial charge in [0.05, 0.1) is 6.54 Å². The summed E-state index contributed by atoms with van der Waals surface area (Å²) >= 11 is 3.34. The van der Waals surface area contributed by atoms with Crippen LogP contribution in [0.4, 0.5) is 4.39 Å². The Labute approximate surface area is 128 Å². The number of rotatable bonds is 2. The van der Waals surface area contributed by atoms with Gasteiger partial charge in [-0.1, -0.05) is 15.9 Å². The lowest BCUT2D eigenvalue weighted by molar-refractivity contribution is -0.150.